The summed E-state index contributed by atoms with van der Waals surface area (Å²) in [6, 6.07) is 11.5. The van der Waals surface area contributed by atoms with Crippen molar-refractivity contribution in [2.75, 3.05) is 18.8 Å². The van der Waals surface area contributed by atoms with E-state index in [1.54, 1.807) is 15.6 Å². The number of carbonyl (C=O) groups is 1. The number of nitrogens with zero attached hydrogens (tertiary/aromatic N) is 4. The van der Waals surface area contributed by atoms with E-state index in [9.17, 15) is 4.79 Å². The Bertz CT molecular complexity index is 960. The molecular weight excluding hydrogens is 434 g/mol. The summed E-state index contributed by atoms with van der Waals surface area (Å²) in [5.41, 5.74) is 8.66. The number of aromatic nitrogens is 3. The third-order valence-corrected chi connectivity index (χ3v) is 5.34. The highest BCUT2D eigenvalue weighted by Gasteiger charge is 2.27. The number of piperidine rings is 1. The third-order valence-electron chi connectivity index (χ3n) is 4.78. The van der Waals surface area contributed by atoms with E-state index in [1.807, 2.05) is 50.2 Å². The summed E-state index contributed by atoms with van der Waals surface area (Å²) in [4.78, 5) is 18.9. The van der Waals surface area contributed by atoms with Crippen molar-refractivity contribution >= 4 is 33.5 Å². The summed E-state index contributed by atoms with van der Waals surface area (Å²) in [7, 11) is 0. The first-order valence-electron chi connectivity index (χ1n) is 9.87. The highest BCUT2D eigenvalue weighted by atomic mass is 79.9. The first-order valence-corrected chi connectivity index (χ1v) is 10.7. The molecule has 1 aliphatic rings. The summed E-state index contributed by atoms with van der Waals surface area (Å²) in [5, 5.41) is 4.20. The fourth-order valence-electron chi connectivity index (χ4n) is 3.38. The molecule has 0 spiro atoms. The van der Waals surface area contributed by atoms with E-state index in [-0.39, 0.29) is 18.6 Å². The van der Waals surface area contributed by atoms with Crippen molar-refractivity contribution in [2.24, 2.45) is 0 Å². The van der Waals surface area contributed by atoms with Crippen molar-refractivity contribution in [2.45, 2.75) is 39.2 Å². The van der Waals surface area contributed by atoms with Crippen LogP contribution in [0, 0.1) is 0 Å². The Morgan fingerprint density at radius 1 is 1.31 bits per heavy atom. The lowest BCUT2D eigenvalue weighted by Crippen LogP contribution is -2.39. The molecule has 2 aromatic heterocycles. The molecule has 29 heavy (non-hydrogen) atoms. The zero-order valence-corrected chi connectivity index (χ0v) is 18.3. The average molecular weight is 460 g/mol. The van der Waals surface area contributed by atoms with Crippen molar-refractivity contribution in [1.82, 2.24) is 19.5 Å². The van der Waals surface area contributed by atoms with Crippen LogP contribution >= 0.6 is 15.9 Å². The number of fused-ring (bicyclic) bond motifs is 1. The number of hydrogen-bond acceptors (Lipinski definition) is 5. The number of nitrogen functional groups attached to an aromatic ring is 1. The number of hydrogen-bond donors (Lipinski definition) is 1. The van der Waals surface area contributed by atoms with E-state index in [4.69, 9.17) is 15.5 Å². The van der Waals surface area contributed by atoms with Gasteiger partial charge >= 0.3 is 6.09 Å². The van der Waals surface area contributed by atoms with Gasteiger partial charge in [-0.1, -0.05) is 44.2 Å². The van der Waals surface area contributed by atoms with E-state index in [2.05, 4.69) is 21.0 Å². The highest BCUT2D eigenvalue weighted by molar-refractivity contribution is 9.10. The van der Waals surface area contributed by atoms with Gasteiger partial charge < -0.3 is 15.4 Å². The van der Waals surface area contributed by atoms with Crippen LogP contribution < -0.4 is 5.73 Å². The molecule has 4 rings (SSSR count). The first kappa shape index (κ1) is 21.1. The second-order valence-electron chi connectivity index (χ2n) is 6.66. The molecule has 0 aliphatic carbocycles. The van der Waals surface area contributed by atoms with Crippen LogP contribution in [0.2, 0.25) is 0 Å². The zero-order chi connectivity index (χ0) is 20.8. The Kier molecular flexibility index (Phi) is 7.09. The van der Waals surface area contributed by atoms with Gasteiger partial charge in [0.1, 0.15) is 12.4 Å². The van der Waals surface area contributed by atoms with Crippen molar-refractivity contribution in [3.8, 4) is 0 Å². The van der Waals surface area contributed by atoms with Gasteiger partial charge in [0.2, 0.25) is 0 Å². The van der Waals surface area contributed by atoms with Gasteiger partial charge in [-0.3, -0.25) is 0 Å². The molecule has 1 amide bonds. The molecule has 1 unspecified atom stereocenters. The molecule has 1 aromatic carbocycles. The van der Waals surface area contributed by atoms with Crippen LogP contribution in [0.5, 0.6) is 0 Å². The molecule has 0 saturated carbocycles. The Balaban J connectivity index is 0.00000117. The molecule has 3 aromatic rings. The van der Waals surface area contributed by atoms with Crippen molar-refractivity contribution < 1.29 is 9.53 Å². The number of ether oxygens (including phenoxy) is 1. The summed E-state index contributed by atoms with van der Waals surface area (Å²) in [5.74, 6) is 0.654. The average Bonchev–Trinajstić information content (AvgIpc) is 3.15. The minimum atomic E-state index is -0.289. The van der Waals surface area contributed by atoms with Gasteiger partial charge in [0.05, 0.1) is 16.4 Å². The molecule has 1 saturated heterocycles. The quantitative estimate of drug-likeness (QED) is 0.617. The number of benzene rings is 1. The third kappa shape index (κ3) is 4.87. The Morgan fingerprint density at radius 2 is 2.07 bits per heavy atom. The molecule has 1 aliphatic heterocycles. The smallest absolute Gasteiger partial charge is 0.410 e. The van der Waals surface area contributed by atoms with Crippen LogP contribution in [0.4, 0.5) is 10.6 Å². The molecule has 8 heteroatoms. The number of carbonyl (C=O) groups excluding carboxylic acids is 1. The fourth-order valence-corrected chi connectivity index (χ4v) is 3.73. The topological polar surface area (TPSA) is 85.8 Å². The molecule has 7 nitrogen and oxygen atoms in total. The monoisotopic (exact) mass is 459 g/mol. The lowest BCUT2D eigenvalue weighted by molar-refractivity contribution is 0.0856. The lowest BCUT2D eigenvalue weighted by Gasteiger charge is -2.31. The molecular formula is C21H26BrN5O2. The van der Waals surface area contributed by atoms with Crippen molar-refractivity contribution in [3.63, 3.8) is 0 Å². The van der Waals surface area contributed by atoms with Gasteiger partial charge in [-0.25, -0.2) is 9.78 Å². The molecule has 1 atom stereocenters. The minimum absolute atomic E-state index is 0.122. The molecule has 154 valence electrons. The normalized spacial score (nSPS) is 16.2. The van der Waals surface area contributed by atoms with Crippen molar-refractivity contribution in [3.05, 3.63) is 58.3 Å². The molecule has 0 radical (unpaired) electrons. The summed E-state index contributed by atoms with van der Waals surface area (Å²) in [6.07, 6.45) is 3.24. The summed E-state index contributed by atoms with van der Waals surface area (Å²) in [6.45, 7) is 5.54. The van der Waals surface area contributed by atoms with E-state index in [0.29, 0.717) is 24.6 Å². The predicted molar refractivity (Wildman–Crippen MR) is 117 cm³/mol. The maximum Gasteiger partial charge on any atom is 0.410 e. The second kappa shape index (κ2) is 9.73. The number of rotatable bonds is 3. The van der Waals surface area contributed by atoms with E-state index >= 15 is 0 Å². The van der Waals surface area contributed by atoms with Gasteiger partial charge in [-0.15, -0.1) is 0 Å². The molecule has 2 N–H and O–H groups in total. The maximum absolute atomic E-state index is 12.5. The van der Waals surface area contributed by atoms with Gasteiger partial charge in [-0.2, -0.15) is 9.61 Å². The zero-order valence-electron chi connectivity index (χ0n) is 16.7. The van der Waals surface area contributed by atoms with Gasteiger partial charge in [0.25, 0.3) is 0 Å². The van der Waals surface area contributed by atoms with Crippen LogP contribution in [0.25, 0.3) is 5.65 Å². The second-order valence-corrected chi connectivity index (χ2v) is 7.51. The van der Waals surface area contributed by atoms with Crippen LogP contribution in [0.15, 0.2) is 47.1 Å². The SMILES string of the molecule is CC.Nc1cc(C2CCCN(C(=O)OCc3ccccc3)C2)nc2c(Br)cnn12. The lowest BCUT2D eigenvalue weighted by atomic mass is 9.94. The van der Waals surface area contributed by atoms with Crippen LogP contribution in [-0.2, 0) is 11.3 Å². The summed E-state index contributed by atoms with van der Waals surface area (Å²) >= 11 is 3.45. The predicted octanol–water partition coefficient (Wildman–Crippen LogP) is 4.62. The molecule has 1 fully saturated rings. The Labute approximate surface area is 179 Å². The van der Waals surface area contributed by atoms with Gasteiger partial charge in [0.15, 0.2) is 5.65 Å². The number of halogens is 1. The Morgan fingerprint density at radius 3 is 2.83 bits per heavy atom. The fraction of sp³-hybridized carbons (Fsp3) is 0.381. The van der Waals surface area contributed by atoms with Gasteiger partial charge in [-0.05, 0) is 34.3 Å². The number of likely N-dealkylation sites (tertiary alicyclic amines) is 1. The van der Waals surface area contributed by atoms with Gasteiger partial charge in [0, 0.05) is 25.1 Å². The molecule has 3 heterocycles. The standard InChI is InChI=1S/C19H20BrN5O2.C2H6/c20-15-10-22-25-17(21)9-16(23-18(15)25)14-7-4-8-24(11-14)19(26)27-12-13-5-2-1-3-6-13;1-2/h1-3,5-6,9-10,14H,4,7-8,11-12,21H2;1-2H3. The number of amides is 1. The number of anilines is 1. The maximum atomic E-state index is 12.5. The van der Waals surface area contributed by atoms with E-state index in [1.165, 1.54) is 0 Å². The minimum Gasteiger partial charge on any atom is -0.445 e. The molecule has 0 bridgehead atoms. The van der Waals surface area contributed by atoms with Crippen LogP contribution in [0.3, 0.4) is 0 Å². The summed E-state index contributed by atoms with van der Waals surface area (Å²) < 4.78 is 7.87. The highest BCUT2D eigenvalue weighted by Crippen LogP contribution is 2.29. The van der Waals surface area contributed by atoms with E-state index < -0.39 is 0 Å². The van der Waals surface area contributed by atoms with Crippen molar-refractivity contribution in [1.29, 1.82) is 0 Å². The van der Waals surface area contributed by atoms with Crippen LogP contribution in [-0.4, -0.2) is 38.7 Å². The number of nitrogens with two attached hydrogens (primary N) is 1. The Hall–Kier alpha value is -2.61. The first-order chi connectivity index (χ1) is 14.1. The van der Waals surface area contributed by atoms with E-state index in [0.717, 1.165) is 28.6 Å². The van der Waals surface area contributed by atoms with Crippen LogP contribution in [0.1, 0.15) is 43.9 Å². The largest absolute Gasteiger partial charge is 0.445 e.